The van der Waals surface area contributed by atoms with Gasteiger partial charge in [0.15, 0.2) is 0 Å². The van der Waals surface area contributed by atoms with E-state index in [0.717, 1.165) is 38.1 Å². The maximum Gasteiger partial charge on any atom is 0.130 e. The SMILES string of the molecule is C=CO/N=C(/c1ccc(Nc2cc(Br)ccc2Br)nc1)C(C)CC. The van der Waals surface area contributed by atoms with Crippen LogP contribution in [-0.2, 0) is 4.84 Å². The van der Waals surface area contributed by atoms with Gasteiger partial charge in [-0.25, -0.2) is 4.98 Å². The standard InChI is InChI=1S/C18H19Br2N3O/c1-4-12(3)18(23-24-5-2)13-6-9-17(21-11-13)22-16-10-14(19)7-8-15(16)20/h5-12H,2,4H2,1,3H3,(H,21,22)/b23-18+. The average molecular weight is 453 g/mol. The van der Waals surface area contributed by atoms with E-state index in [4.69, 9.17) is 4.84 Å². The summed E-state index contributed by atoms with van der Waals surface area (Å²) in [6, 6.07) is 9.85. The minimum Gasteiger partial charge on any atom is -0.365 e. The first-order chi connectivity index (χ1) is 11.5. The van der Waals surface area contributed by atoms with Crippen LogP contribution in [0.15, 0.2) is 63.5 Å². The maximum absolute atomic E-state index is 5.02. The molecule has 1 heterocycles. The van der Waals surface area contributed by atoms with Gasteiger partial charge in [-0.05, 0) is 52.7 Å². The van der Waals surface area contributed by atoms with E-state index < -0.39 is 0 Å². The number of hydrogen-bond acceptors (Lipinski definition) is 4. The van der Waals surface area contributed by atoms with Crippen molar-refractivity contribution < 1.29 is 4.84 Å². The van der Waals surface area contributed by atoms with Gasteiger partial charge in [-0.2, -0.15) is 0 Å². The van der Waals surface area contributed by atoms with Crippen LogP contribution in [0.4, 0.5) is 11.5 Å². The summed E-state index contributed by atoms with van der Waals surface area (Å²) >= 11 is 7.00. The van der Waals surface area contributed by atoms with Crippen LogP contribution in [0.5, 0.6) is 0 Å². The van der Waals surface area contributed by atoms with Gasteiger partial charge < -0.3 is 10.2 Å². The van der Waals surface area contributed by atoms with Crippen LogP contribution < -0.4 is 5.32 Å². The summed E-state index contributed by atoms with van der Waals surface area (Å²) in [4.78, 5) is 9.51. The van der Waals surface area contributed by atoms with Gasteiger partial charge >= 0.3 is 0 Å². The Morgan fingerprint density at radius 3 is 2.79 bits per heavy atom. The van der Waals surface area contributed by atoms with Crippen molar-refractivity contribution in [1.29, 1.82) is 0 Å². The lowest BCUT2D eigenvalue weighted by Crippen LogP contribution is -2.12. The van der Waals surface area contributed by atoms with Crippen molar-refractivity contribution in [2.75, 3.05) is 5.32 Å². The summed E-state index contributed by atoms with van der Waals surface area (Å²) in [5.74, 6) is 1.02. The van der Waals surface area contributed by atoms with Gasteiger partial charge in [0.05, 0.1) is 11.4 Å². The number of halogens is 2. The topological polar surface area (TPSA) is 46.5 Å². The highest BCUT2D eigenvalue weighted by atomic mass is 79.9. The molecule has 0 fully saturated rings. The first kappa shape index (κ1) is 18.7. The fraction of sp³-hybridized carbons (Fsp3) is 0.222. The van der Waals surface area contributed by atoms with Crippen molar-refractivity contribution in [3.8, 4) is 0 Å². The zero-order chi connectivity index (χ0) is 17.5. The minimum absolute atomic E-state index is 0.268. The van der Waals surface area contributed by atoms with Crippen LogP contribution in [-0.4, -0.2) is 10.7 Å². The molecule has 1 unspecified atom stereocenters. The summed E-state index contributed by atoms with van der Waals surface area (Å²) in [6.07, 6.45) is 4.08. The number of aromatic nitrogens is 1. The molecule has 0 amide bonds. The molecular weight excluding hydrogens is 434 g/mol. The fourth-order valence-electron chi connectivity index (χ4n) is 2.07. The van der Waals surface area contributed by atoms with Gasteiger partial charge in [0.25, 0.3) is 0 Å². The Bertz CT molecular complexity index is 730. The Morgan fingerprint density at radius 1 is 1.38 bits per heavy atom. The molecule has 1 atom stereocenters. The highest BCUT2D eigenvalue weighted by Crippen LogP contribution is 2.28. The third-order valence-corrected chi connectivity index (χ3v) is 4.74. The molecule has 126 valence electrons. The number of rotatable bonds is 7. The van der Waals surface area contributed by atoms with Gasteiger partial charge in [-0.1, -0.05) is 41.5 Å². The van der Waals surface area contributed by atoms with Crippen LogP contribution in [0.1, 0.15) is 25.8 Å². The zero-order valence-electron chi connectivity index (χ0n) is 13.6. The molecular formula is C18H19Br2N3O. The highest BCUT2D eigenvalue weighted by molar-refractivity contribution is 9.11. The second-order valence-electron chi connectivity index (χ2n) is 5.24. The number of benzene rings is 1. The van der Waals surface area contributed by atoms with Crippen molar-refractivity contribution in [1.82, 2.24) is 4.98 Å². The second kappa shape index (κ2) is 8.99. The van der Waals surface area contributed by atoms with E-state index in [1.54, 1.807) is 6.20 Å². The summed E-state index contributed by atoms with van der Waals surface area (Å²) in [5.41, 5.74) is 2.74. The monoisotopic (exact) mass is 451 g/mol. The zero-order valence-corrected chi connectivity index (χ0v) is 16.8. The van der Waals surface area contributed by atoms with E-state index in [1.807, 2.05) is 30.3 Å². The first-order valence-electron chi connectivity index (χ1n) is 7.58. The van der Waals surface area contributed by atoms with Gasteiger partial charge in [0, 0.05) is 26.6 Å². The molecule has 2 rings (SSSR count). The largest absolute Gasteiger partial charge is 0.365 e. The molecule has 24 heavy (non-hydrogen) atoms. The quantitative estimate of drug-likeness (QED) is 0.306. The second-order valence-corrected chi connectivity index (χ2v) is 7.01. The molecule has 0 saturated carbocycles. The molecule has 0 aliphatic rings. The molecule has 0 aliphatic carbocycles. The third-order valence-electron chi connectivity index (χ3n) is 3.56. The summed E-state index contributed by atoms with van der Waals surface area (Å²) < 4.78 is 1.97. The van der Waals surface area contributed by atoms with E-state index in [1.165, 1.54) is 6.26 Å². The van der Waals surface area contributed by atoms with Crippen LogP contribution >= 0.6 is 31.9 Å². The van der Waals surface area contributed by atoms with Crippen molar-refractivity contribution in [2.45, 2.75) is 20.3 Å². The van der Waals surface area contributed by atoms with Crippen LogP contribution in [0.2, 0.25) is 0 Å². The smallest absolute Gasteiger partial charge is 0.130 e. The third kappa shape index (κ3) is 4.92. The van der Waals surface area contributed by atoms with E-state index in [9.17, 15) is 0 Å². The molecule has 0 bridgehead atoms. The van der Waals surface area contributed by atoms with Gasteiger partial charge in [0.2, 0.25) is 0 Å². The number of hydrogen-bond donors (Lipinski definition) is 1. The fourth-order valence-corrected chi connectivity index (χ4v) is 2.77. The van der Waals surface area contributed by atoms with Crippen LogP contribution in [0.3, 0.4) is 0 Å². The van der Waals surface area contributed by atoms with E-state index in [0.29, 0.717) is 0 Å². The normalized spacial score (nSPS) is 12.6. The summed E-state index contributed by atoms with van der Waals surface area (Å²) in [5, 5.41) is 7.44. The molecule has 4 nitrogen and oxygen atoms in total. The van der Waals surface area contributed by atoms with E-state index >= 15 is 0 Å². The maximum atomic E-state index is 5.02. The van der Waals surface area contributed by atoms with Gasteiger partial charge in [0.1, 0.15) is 12.1 Å². The Balaban J connectivity index is 2.22. The predicted octanol–water partition coefficient (Wildman–Crippen LogP) is 6.26. The van der Waals surface area contributed by atoms with Crippen LogP contribution in [0.25, 0.3) is 0 Å². The average Bonchev–Trinajstić information content (AvgIpc) is 2.59. The van der Waals surface area contributed by atoms with Crippen LogP contribution in [0, 0.1) is 5.92 Å². The number of nitrogens with one attached hydrogen (secondary N) is 1. The predicted molar refractivity (Wildman–Crippen MR) is 107 cm³/mol. The first-order valence-corrected chi connectivity index (χ1v) is 9.16. The number of nitrogens with zero attached hydrogens (tertiary/aromatic N) is 2. The Labute approximate surface area is 159 Å². The lowest BCUT2D eigenvalue weighted by atomic mass is 9.97. The molecule has 0 spiro atoms. The lowest BCUT2D eigenvalue weighted by molar-refractivity contribution is 0.267. The Kier molecular flexibility index (Phi) is 6.99. The Morgan fingerprint density at radius 2 is 2.17 bits per heavy atom. The molecule has 2 aromatic rings. The number of oxime groups is 1. The summed E-state index contributed by atoms with van der Waals surface area (Å²) in [7, 11) is 0. The molecule has 0 aliphatic heterocycles. The molecule has 1 aromatic heterocycles. The number of pyridine rings is 1. The van der Waals surface area contributed by atoms with Gasteiger partial charge in [-0.3, -0.25) is 0 Å². The highest BCUT2D eigenvalue weighted by Gasteiger charge is 2.13. The van der Waals surface area contributed by atoms with E-state index in [-0.39, 0.29) is 5.92 Å². The number of anilines is 2. The molecule has 1 N–H and O–H groups in total. The summed E-state index contributed by atoms with van der Waals surface area (Å²) in [6.45, 7) is 7.75. The molecule has 0 radical (unpaired) electrons. The van der Waals surface area contributed by atoms with Crippen molar-refractivity contribution in [2.24, 2.45) is 11.1 Å². The molecule has 6 heteroatoms. The van der Waals surface area contributed by atoms with Gasteiger partial charge in [-0.15, -0.1) is 0 Å². The van der Waals surface area contributed by atoms with Crippen molar-refractivity contribution in [3.05, 3.63) is 63.9 Å². The van der Waals surface area contributed by atoms with E-state index in [2.05, 4.69) is 67.7 Å². The van der Waals surface area contributed by atoms with Crippen molar-refractivity contribution in [3.63, 3.8) is 0 Å². The molecule has 0 saturated heterocycles. The minimum atomic E-state index is 0.268. The Hall–Kier alpha value is -1.66. The van der Waals surface area contributed by atoms with Crippen molar-refractivity contribution >= 4 is 49.1 Å². The molecule has 1 aromatic carbocycles. The lowest BCUT2D eigenvalue weighted by Gasteiger charge is -2.13.